The Morgan fingerprint density at radius 2 is 2.05 bits per heavy atom. The molecule has 2 N–H and O–H groups in total. The SMILES string of the molecule is CCc1cc(COc2ccccc2CC(C)N)n(CC)n1. The van der Waals surface area contributed by atoms with E-state index in [1.54, 1.807) is 0 Å². The van der Waals surface area contributed by atoms with Crippen molar-refractivity contribution in [3.63, 3.8) is 0 Å². The van der Waals surface area contributed by atoms with E-state index in [1.807, 2.05) is 29.8 Å². The van der Waals surface area contributed by atoms with E-state index >= 15 is 0 Å². The average molecular weight is 287 g/mol. The molecule has 0 aliphatic rings. The lowest BCUT2D eigenvalue weighted by molar-refractivity contribution is 0.289. The summed E-state index contributed by atoms with van der Waals surface area (Å²) in [5.41, 5.74) is 9.28. The molecule has 0 saturated heterocycles. The van der Waals surface area contributed by atoms with Gasteiger partial charge in [0.1, 0.15) is 12.4 Å². The highest BCUT2D eigenvalue weighted by Crippen LogP contribution is 2.21. The highest BCUT2D eigenvalue weighted by atomic mass is 16.5. The fraction of sp³-hybridized carbons (Fsp3) is 0.471. The molecule has 4 nitrogen and oxygen atoms in total. The van der Waals surface area contributed by atoms with Crippen LogP contribution in [-0.2, 0) is 26.0 Å². The quantitative estimate of drug-likeness (QED) is 0.852. The van der Waals surface area contributed by atoms with Crippen molar-refractivity contribution in [2.24, 2.45) is 5.73 Å². The molecular weight excluding hydrogens is 262 g/mol. The number of aromatic nitrogens is 2. The smallest absolute Gasteiger partial charge is 0.130 e. The first-order valence-corrected chi connectivity index (χ1v) is 7.65. The molecule has 114 valence electrons. The summed E-state index contributed by atoms with van der Waals surface area (Å²) in [6, 6.07) is 10.4. The van der Waals surface area contributed by atoms with E-state index in [2.05, 4.69) is 31.1 Å². The molecule has 21 heavy (non-hydrogen) atoms. The Morgan fingerprint density at radius 3 is 2.71 bits per heavy atom. The van der Waals surface area contributed by atoms with Crippen LogP contribution in [0.15, 0.2) is 30.3 Å². The molecule has 2 rings (SSSR count). The zero-order valence-corrected chi connectivity index (χ0v) is 13.2. The van der Waals surface area contributed by atoms with E-state index in [1.165, 1.54) is 0 Å². The van der Waals surface area contributed by atoms with Crippen molar-refractivity contribution in [1.82, 2.24) is 9.78 Å². The first-order chi connectivity index (χ1) is 10.1. The van der Waals surface area contributed by atoms with Gasteiger partial charge in [-0.3, -0.25) is 4.68 Å². The third kappa shape index (κ3) is 4.08. The molecule has 0 spiro atoms. The number of nitrogens with two attached hydrogens (primary N) is 1. The van der Waals surface area contributed by atoms with Gasteiger partial charge < -0.3 is 10.5 Å². The van der Waals surface area contributed by atoms with Gasteiger partial charge in [-0.2, -0.15) is 5.10 Å². The molecule has 1 atom stereocenters. The lowest BCUT2D eigenvalue weighted by Gasteiger charge is -2.13. The van der Waals surface area contributed by atoms with E-state index in [0.717, 1.165) is 42.1 Å². The van der Waals surface area contributed by atoms with Crippen LogP contribution in [0.3, 0.4) is 0 Å². The molecule has 0 amide bonds. The molecule has 1 aromatic carbocycles. The van der Waals surface area contributed by atoms with Gasteiger partial charge in [0.15, 0.2) is 0 Å². The molecule has 1 heterocycles. The molecule has 0 aliphatic heterocycles. The van der Waals surface area contributed by atoms with Crippen LogP contribution in [0, 0.1) is 0 Å². The van der Waals surface area contributed by atoms with E-state index in [4.69, 9.17) is 10.5 Å². The standard InChI is InChI=1S/C17H25N3O/c1-4-15-11-16(20(5-2)19-15)12-21-17-9-7-6-8-14(17)10-13(3)18/h6-9,11,13H,4-5,10,12,18H2,1-3H3. The van der Waals surface area contributed by atoms with Gasteiger partial charge in [0.25, 0.3) is 0 Å². The molecule has 2 aromatic rings. The van der Waals surface area contributed by atoms with Crippen LogP contribution in [0.4, 0.5) is 0 Å². The van der Waals surface area contributed by atoms with Crippen LogP contribution in [-0.4, -0.2) is 15.8 Å². The molecule has 0 bridgehead atoms. The molecular formula is C17H25N3O. The lowest BCUT2D eigenvalue weighted by atomic mass is 10.1. The highest BCUT2D eigenvalue weighted by molar-refractivity contribution is 5.34. The normalized spacial score (nSPS) is 12.4. The van der Waals surface area contributed by atoms with Crippen LogP contribution in [0.25, 0.3) is 0 Å². The predicted octanol–water partition coefficient (Wildman–Crippen LogP) is 2.93. The summed E-state index contributed by atoms with van der Waals surface area (Å²) in [4.78, 5) is 0. The maximum absolute atomic E-state index is 6.01. The van der Waals surface area contributed by atoms with Crippen molar-refractivity contribution < 1.29 is 4.74 Å². The largest absolute Gasteiger partial charge is 0.487 e. The highest BCUT2D eigenvalue weighted by Gasteiger charge is 2.09. The monoisotopic (exact) mass is 287 g/mol. The van der Waals surface area contributed by atoms with E-state index < -0.39 is 0 Å². The van der Waals surface area contributed by atoms with E-state index in [-0.39, 0.29) is 6.04 Å². The number of hydrogen-bond acceptors (Lipinski definition) is 3. The Kier molecular flexibility index (Phi) is 5.39. The van der Waals surface area contributed by atoms with Crippen molar-refractivity contribution in [2.45, 2.75) is 52.8 Å². The van der Waals surface area contributed by atoms with Gasteiger partial charge in [-0.15, -0.1) is 0 Å². The number of benzene rings is 1. The van der Waals surface area contributed by atoms with Gasteiger partial charge in [0, 0.05) is 12.6 Å². The third-order valence-corrected chi connectivity index (χ3v) is 3.47. The maximum Gasteiger partial charge on any atom is 0.130 e. The van der Waals surface area contributed by atoms with Crippen LogP contribution in [0.5, 0.6) is 5.75 Å². The van der Waals surface area contributed by atoms with Crippen molar-refractivity contribution in [3.8, 4) is 5.75 Å². The predicted molar refractivity (Wildman–Crippen MR) is 85.4 cm³/mol. The second-order valence-electron chi connectivity index (χ2n) is 5.37. The van der Waals surface area contributed by atoms with Gasteiger partial charge >= 0.3 is 0 Å². The Hall–Kier alpha value is -1.81. The summed E-state index contributed by atoms with van der Waals surface area (Å²) in [7, 11) is 0. The van der Waals surface area contributed by atoms with Crippen molar-refractivity contribution in [2.75, 3.05) is 0 Å². The Balaban J connectivity index is 2.11. The second kappa shape index (κ2) is 7.27. The molecule has 0 radical (unpaired) electrons. The summed E-state index contributed by atoms with van der Waals surface area (Å²) < 4.78 is 8.01. The summed E-state index contributed by atoms with van der Waals surface area (Å²) in [5.74, 6) is 0.914. The zero-order chi connectivity index (χ0) is 15.2. The minimum Gasteiger partial charge on any atom is -0.487 e. The lowest BCUT2D eigenvalue weighted by Crippen LogP contribution is -2.18. The number of aryl methyl sites for hydroxylation is 2. The molecule has 1 aromatic heterocycles. The summed E-state index contributed by atoms with van der Waals surface area (Å²) in [5, 5.41) is 4.55. The van der Waals surface area contributed by atoms with Gasteiger partial charge in [0.2, 0.25) is 0 Å². The van der Waals surface area contributed by atoms with Crippen molar-refractivity contribution >= 4 is 0 Å². The van der Waals surface area contributed by atoms with Crippen LogP contribution in [0.2, 0.25) is 0 Å². The van der Waals surface area contributed by atoms with E-state index in [9.17, 15) is 0 Å². The zero-order valence-electron chi connectivity index (χ0n) is 13.2. The first kappa shape index (κ1) is 15.6. The average Bonchev–Trinajstić information content (AvgIpc) is 2.88. The fourth-order valence-electron chi connectivity index (χ4n) is 2.39. The number of nitrogens with zero attached hydrogens (tertiary/aromatic N) is 2. The first-order valence-electron chi connectivity index (χ1n) is 7.65. The topological polar surface area (TPSA) is 53.1 Å². The molecule has 0 fully saturated rings. The van der Waals surface area contributed by atoms with Crippen molar-refractivity contribution in [1.29, 1.82) is 0 Å². The number of hydrogen-bond donors (Lipinski definition) is 1. The van der Waals surface area contributed by atoms with Gasteiger partial charge in [-0.25, -0.2) is 0 Å². The minimum atomic E-state index is 0.127. The summed E-state index contributed by atoms with van der Waals surface area (Å²) in [6.07, 6.45) is 1.77. The second-order valence-corrected chi connectivity index (χ2v) is 5.37. The Labute approximate surface area is 126 Å². The van der Waals surface area contributed by atoms with E-state index in [0.29, 0.717) is 6.61 Å². The van der Waals surface area contributed by atoms with Gasteiger partial charge in [0.05, 0.1) is 11.4 Å². The van der Waals surface area contributed by atoms with Crippen molar-refractivity contribution in [3.05, 3.63) is 47.3 Å². The minimum absolute atomic E-state index is 0.127. The third-order valence-electron chi connectivity index (χ3n) is 3.47. The maximum atomic E-state index is 6.01. The number of rotatable bonds is 7. The summed E-state index contributed by atoms with van der Waals surface area (Å²) in [6.45, 7) is 7.62. The Bertz CT molecular complexity index is 575. The molecule has 0 saturated carbocycles. The van der Waals surface area contributed by atoms with Crippen LogP contribution < -0.4 is 10.5 Å². The summed E-state index contributed by atoms with van der Waals surface area (Å²) >= 11 is 0. The fourth-order valence-corrected chi connectivity index (χ4v) is 2.39. The van der Waals surface area contributed by atoms with Crippen LogP contribution in [0.1, 0.15) is 37.7 Å². The molecule has 1 unspecified atom stereocenters. The molecule has 4 heteroatoms. The molecule has 0 aliphatic carbocycles. The Morgan fingerprint density at radius 1 is 1.29 bits per heavy atom. The number of ether oxygens (including phenoxy) is 1. The number of para-hydroxylation sites is 1. The van der Waals surface area contributed by atoms with Gasteiger partial charge in [-0.1, -0.05) is 25.1 Å². The van der Waals surface area contributed by atoms with Gasteiger partial charge in [-0.05, 0) is 44.4 Å². The van der Waals surface area contributed by atoms with Crippen LogP contribution >= 0.6 is 0 Å².